The Morgan fingerprint density at radius 1 is 1.11 bits per heavy atom. The number of hydrogen-bond donors (Lipinski definition) is 0. The van der Waals surface area contributed by atoms with Gasteiger partial charge in [-0.1, -0.05) is 18.2 Å². The standard InChI is InChI=1S/C17H15NO/c18-9-10-1-3-11(4-2-10)15-8-14-12-5-6-13(7-12)16(14)17(15)19/h1-4,8,12-14,16H,5-7H2. The zero-order valence-electron chi connectivity index (χ0n) is 10.7. The molecule has 0 aromatic heterocycles. The maximum Gasteiger partial charge on any atom is 0.167 e. The third-order valence-electron chi connectivity index (χ3n) is 5.23. The molecule has 4 unspecified atom stereocenters. The predicted octanol–water partition coefficient (Wildman–Crippen LogP) is 3.19. The van der Waals surface area contributed by atoms with Crippen LogP contribution in [-0.2, 0) is 4.79 Å². The van der Waals surface area contributed by atoms with Gasteiger partial charge in [-0.05, 0) is 54.7 Å². The summed E-state index contributed by atoms with van der Waals surface area (Å²) in [7, 11) is 0. The monoisotopic (exact) mass is 249 g/mol. The summed E-state index contributed by atoms with van der Waals surface area (Å²) in [5.74, 6) is 2.49. The van der Waals surface area contributed by atoms with E-state index in [1.165, 1.54) is 19.3 Å². The average molecular weight is 249 g/mol. The number of carbonyl (C=O) groups is 1. The molecule has 0 spiro atoms. The van der Waals surface area contributed by atoms with E-state index in [4.69, 9.17) is 5.26 Å². The maximum absolute atomic E-state index is 12.6. The average Bonchev–Trinajstić information content (AvgIpc) is 3.12. The lowest BCUT2D eigenvalue weighted by molar-refractivity contribution is -0.118. The van der Waals surface area contributed by atoms with E-state index in [0.29, 0.717) is 23.2 Å². The van der Waals surface area contributed by atoms with Gasteiger partial charge in [-0.2, -0.15) is 5.26 Å². The molecule has 0 saturated heterocycles. The van der Waals surface area contributed by atoms with Gasteiger partial charge in [0.25, 0.3) is 0 Å². The second-order valence-corrected chi connectivity index (χ2v) is 6.07. The van der Waals surface area contributed by atoms with E-state index in [9.17, 15) is 4.79 Å². The van der Waals surface area contributed by atoms with Gasteiger partial charge in [0, 0.05) is 11.5 Å². The highest BCUT2D eigenvalue weighted by Gasteiger charge is 2.53. The fraction of sp³-hybridized carbons (Fsp3) is 0.412. The van der Waals surface area contributed by atoms with Gasteiger partial charge in [-0.3, -0.25) is 4.79 Å². The van der Waals surface area contributed by atoms with Crippen LogP contribution >= 0.6 is 0 Å². The van der Waals surface area contributed by atoms with Crippen LogP contribution in [0.25, 0.3) is 5.57 Å². The lowest BCUT2D eigenvalue weighted by Gasteiger charge is -2.22. The summed E-state index contributed by atoms with van der Waals surface area (Å²) in [5, 5.41) is 8.82. The van der Waals surface area contributed by atoms with Crippen molar-refractivity contribution in [3.63, 3.8) is 0 Å². The number of Topliss-reactive ketones (excluding diaryl/α,β-unsaturated/α-hetero) is 1. The molecule has 3 aliphatic carbocycles. The van der Waals surface area contributed by atoms with Gasteiger partial charge in [-0.15, -0.1) is 0 Å². The predicted molar refractivity (Wildman–Crippen MR) is 72.0 cm³/mol. The van der Waals surface area contributed by atoms with Crippen molar-refractivity contribution in [1.82, 2.24) is 0 Å². The molecule has 0 amide bonds. The fourth-order valence-corrected chi connectivity index (χ4v) is 4.38. The van der Waals surface area contributed by atoms with E-state index in [-0.39, 0.29) is 5.92 Å². The summed E-state index contributed by atoms with van der Waals surface area (Å²) < 4.78 is 0. The number of ketones is 1. The second kappa shape index (κ2) is 3.81. The molecule has 94 valence electrons. The van der Waals surface area contributed by atoms with Crippen LogP contribution in [0, 0.1) is 35.0 Å². The Morgan fingerprint density at radius 3 is 2.53 bits per heavy atom. The van der Waals surface area contributed by atoms with Gasteiger partial charge < -0.3 is 0 Å². The molecular formula is C17H15NO. The molecule has 0 heterocycles. The molecule has 4 rings (SSSR count). The van der Waals surface area contributed by atoms with Crippen LogP contribution in [0.15, 0.2) is 30.3 Å². The van der Waals surface area contributed by atoms with Gasteiger partial charge in [0.2, 0.25) is 0 Å². The Kier molecular flexibility index (Phi) is 2.20. The number of rotatable bonds is 1. The number of nitriles is 1. The first-order chi connectivity index (χ1) is 9.28. The summed E-state index contributed by atoms with van der Waals surface area (Å²) in [6.45, 7) is 0. The highest BCUT2D eigenvalue weighted by molar-refractivity contribution is 6.24. The highest BCUT2D eigenvalue weighted by Crippen LogP contribution is 2.57. The summed E-state index contributed by atoms with van der Waals surface area (Å²) in [6.07, 6.45) is 6.03. The summed E-state index contributed by atoms with van der Waals surface area (Å²) >= 11 is 0. The molecule has 3 aliphatic rings. The molecule has 2 fully saturated rings. The number of allylic oxidation sites excluding steroid dienone is 2. The quantitative estimate of drug-likeness (QED) is 0.767. The third-order valence-corrected chi connectivity index (χ3v) is 5.23. The molecule has 2 saturated carbocycles. The topological polar surface area (TPSA) is 40.9 Å². The van der Waals surface area contributed by atoms with Crippen LogP contribution in [0.3, 0.4) is 0 Å². The zero-order chi connectivity index (χ0) is 13.0. The van der Waals surface area contributed by atoms with Crippen molar-refractivity contribution in [2.24, 2.45) is 23.7 Å². The van der Waals surface area contributed by atoms with Gasteiger partial charge in [-0.25, -0.2) is 0 Å². The Hall–Kier alpha value is -1.88. The molecular weight excluding hydrogens is 234 g/mol. The Morgan fingerprint density at radius 2 is 1.84 bits per heavy atom. The Labute approximate surface area is 112 Å². The van der Waals surface area contributed by atoms with E-state index in [1.807, 2.05) is 12.1 Å². The molecule has 19 heavy (non-hydrogen) atoms. The first-order valence-corrected chi connectivity index (χ1v) is 7.04. The van der Waals surface area contributed by atoms with Crippen molar-refractivity contribution in [2.45, 2.75) is 19.3 Å². The van der Waals surface area contributed by atoms with Crippen LogP contribution < -0.4 is 0 Å². The van der Waals surface area contributed by atoms with Crippen molar-refractivity contribution in [3.05, 3.63) is 41.5 Å². The minimum Gasteiger partial charge on any atom is -0.294 e. The Bertz CT molecular complexity index is 620. The number of benzene rings is 1. The van der Waals surface area contributed by atoms with Gasteiger partial charge in [0.15, 0.2) is 5.78 Å². The fourth-order valence-electron chi connectivity index (χ4n) is 4.38. The molecule has 0 aliphatic heterocycles. The van der Waals surface area contributed by atoms with E-state index in [0.717, 1.165) is 17.1 Å². The third kappa shape index (κ3) is 1.45. The molecule has 2 bridgehead atoms. The Balaban J connectivity index is 1.70. The lowest BCUT2D eigenvalue weighted by Crippen LogP contribution is -2.23. The van der Waals surface area contributed by atoms with Crippen LogP contribution in [-0.4, -0.2) is 5.78 Å². The molecule has 1 aromatic carbocycles. The molecule has 1 aromatic rings. The summed E-state index contributed by atoms with van der Waals surface area (Å²) in [6, 6.07) is 9.53. The zero-order valence-corrected chi connectivity index (χ0v) is 10.7. The smallest absolute Gasteiger partial charge is 0.167 e. The number of hydrogen-bond acceptors (Lipinski definition) is 2. The van der Waals surface area contributed by atoms with Gasteiger partial charge in [0.1, 0.15) is 0 Å². The van der Waals surface area contributed by atoms with E-state index < -0.39 is 0 Å². The SMILES string of the molecule is N#Cc1ccc(C2=CC3C4CCC(C4)C3C2=O)cc1. The lowest BCUT2D eigenvalue weighted by atomic mass is 9.81. The molecule has 2 heteroatoms. The highest BCUT2D eigenvalue weighted by atomic mass is 16.1. The largest absolute Gasteiger partial charge is 0.294 e. The van der Waals surface area contributed by atoms with Gasteiger partial charge >= 0.3 is 0 Å². The van der Waals surface area contributed by atoms with Crippen molar-refractivity contribution in [1.29, 1.82) is 5.26 Å². The van der Waals surface area contributed by atoms with Crippen molar-refractivity contribution in [2.75, 3.05) is 0 Å². The summed E-state index contributed by atoms with van der Waals surface area (Å²) in [5.41, 5.74) is 2.53. The molecule has 4 atom stereocenters. The van der Waals surface area contributed by atoms with E-state index in [1.54, 1.807) is 12.1 Å². The summed E-state index contributed by atoms with van der Waals surface area (Å²) in [4.78, 5) is 12.6. The van der Waals surface area contributed by atoms with Crippen LogP contribution in [0.1, 0.15) is 30.4 Å². The molecule has 2 nitrogen and oxygen atoms in total. The van der Waals surface area contributed by atoms with Crippen molar-refractivity contribution >= 4 is 11.4 Å². The van der Waals surface area contributed by atoms with E-state index >= 15 is 0 Å². The van der Waals surface area contributed by atoms with Crippen LogP contribution in [0.5, 0.6) is 0 Å². The van der Waals surface area contributed by atoms with Crippen LogP contribution in [0.2, 0.25) is 0 Å². The molecule has 0 N–H and O–H groups in total. The first-order valence-electron chi connectivity index (χ1n) is 7.04. The van der Waals surface area contributed by atoms with Crippen molar-refractivity contribution < 1.29 is 4.79 Å². The van der Waals surface area contributed by atoms with Crippen molar-refractivity contribution in [3.8, 4) is 6.07 Å². The normalized spacial score (nSPS) is 35.1. The minimum absolute atomic E-state index is 0.268. The van der Waals surface area contributed by atoms with E-state index in [2.05, 4.69) is 12.1 Å². The van der Waals surface area contributed by atoms with Gasteiger partial charge in [0.05, 0.1) is 11.6 Å². The first kappa shape index (κ1) is 11.0. The number of fused-ring (bicyclic) bond motifs is 5. The maximum atomic E-state index is 12.6. The number of carbonyl (C=O) groups excluding carboxylic acids is 1. The minimum atomic E-state index is 0.268. The second-order valence-electron chi connectivity index (χ2n) is 6.07. The van der Waals surface area contributed by atoms with Crippen LogP contribution in [0.4, 0.5) is 0 Å². The molecule has 0 radical (unpaired) electrons. The number of nitrogens with zero attached hydrogens (tertiary/aromatic N) is 1.